The van der Waals surface area contributed by atoms with Crippen LogP contribution in [0.15, 0.2) is 212 Å². The number of hydrogen-bond acceptors (Lipinski definition) is 2. The summed E-state index contributed by atoms with van der Waals surface area (Å²) in [4.78, 5) is 5.11. The molecule has 9 aromatic rings. The molecule has 2 saturated carbocycles. The second-order valence-electron chi connectivity index (χ2n) is 21.2. The van der Waals surface area contributed by atoms with Gasteiger partial charge in [0.25, 0.3) is 0 Å². The van der Waals surface area contributed by atoms with Crippen molar-refractivity contribution in [1.29, 1.82) is 0 Å². The van der Waals surface area contributed by atoms with Gasteiger partial charge in [-0.05, 0) is 196 Å². The molecule has 6 bridgehead atoms. The van der Waals surface area contributed by atoms with Crippen LogP contribution in [-0.4, -0.2) is 0 Å². The number of aryl methyl sites for hydroxylation is 4. The molecule has 0 aliphatic heterocycles. The lowest BCUT2D eigenvalue weighted by Crippen LogP contribution is -2.18. The van der Waals surface area contributed by atoms with Gasteiger partial charge in [-0.15, -0.1) is 0 Å². The molecule has 2 heteroatoms. The fourth-order valence-corrected chi connectivity index (χ4v) is 13.1. The molecule has 7 aliphatic rings. The minimum atomic E-state index is -0.176. The lowest BCUT2D eigenvalue weighted by atomic mass is 9.81. The Labute approximate surface area is 414 Å². The minimum Gasteiger partial charge on any atom is -0.310 e. The van der Waals surface area contributed by atoms with Crippen molar-refractivity contribution < 1.29 is 0 Å². The molecule has 0 heterocycles. The highest BCUT2D eigenvalue weighted by molar-refractivity contribution is 5.96. The summed E-state index contributed by atoms with van der Waals surface area (Å²) >= 11 is 0. The summed E-state index contributed by atoms with van der Waals surface area (Å²) in [5, 5.41) is 0. The van der Waals surface area contributed by atoms with Crippen molar-refractivity contribution in [2.75, 3.05) is 9.80 Å². The van der Waals surface area contributed by atoms with Gasteiger partial charge in [0.2, 0.25) is 0 Å². The molecule has 0 spiro atoms. The number of hydrogen-bond donors (Lipinski definition) is 0. The van der Waals surface area contributed by atoms with E-state index in [0.29, 0.717) is 0 Å². The SMILES string of the molecule is CC1(C)c2ccccc2-c2c(-c3ccccc3)cc(N(c3ccc(-c4ccccc4)cc3)c3cc4ccc3CCc3ccc(c(N(c5ccccc5)c5ccc(C6CC7CCC6C7)cc5)c3)CC4)cc21. The van der Waals surface area contributed by atoms with Crippen molar-refractivity contribution in [2.45, 2.75) is 76.5 Å². The Morgan fingerprint density at radius 2 is 0.943 bits per heavy atom. The molecule has 16 rings (SSSR count). The Morgan fingerprint density at radius 3 is 1.56 bits per heavy atom. The number of para-hydroxylation sites is 1. The van der Waals surface area contributed by atoms with Gasteiger partial charge in [-0.3, -0.25) is 0 Å². The monoisotopic (exact) mass is 904 g/mol. The third-order valence-corrected chi connectivity index (χ3v) is 16.7. The fraction of sp³-hybridized carbons (Fsp3) is 0.206. The highest BCUT2D eigenvalue weighted by Gasteiger charge is 2.40. The van der Waals surface area contributed by atoms with E-state index in [1.165, 1.54) is 126 Å². The van der Waals surface area contributed by atoms with Crippen LogP contribution in [0.4, 0.5) is 34.1 Å². The number of nitrogens with zero attached hydrogens (tertiary/aromatic N) is 2. The zero-order valence-corrected chi connectivity index (χ0v) is 40.5. The summed E-state index contributed by atoms with van der Waals surface area (Å²) in [5.74, 6) is 2.53. The van der Waals surface area contributed by atoms with Gasteiger partial charge < -0.3 is 9.80 Å². The summed E-state index contributed by atoms with van der Waals surface area (Å²) in [6.07, 6.45) is 9.32. The van der Waals surface area contributed by atoms with Crippen molar-refractivity contribution in [3.8, 4) is 33.4 Å². The maximum absolute atomic E-state index is 2.58. The Bertz CT molecular complexity index is 3350. The van der Waals surface area contributed by atoms with Crippen LogP contribution in [0.5, 0.6) is 0 Å². The molecule has 3 atom stereocenters. The smallest absolute Gasteiger partial charge is 0.0496 e. The van der Waals surface area contributed by atoms with Crippen LogP contribution in [0.2, 0.25) is 0 Å². The molecule has 70 heavy (non-hydrogen) atoms. The summed E-state index contributed by atoms with van der Waals surface area (Å²) < 4.78 is 0. The predicted molar refractivity (Wildman–Crippen MR) is 294 cm³/mol. The highest BCUT2D eigenvalue weighted by Crippen LogP contribution is 2.56. The molecule has 2 fully saturated rings. The topological polar surface area (TPSA) is 6.48 Å². The van der Waals surface area contributed by atoms with Gasteiger partial charge in [0.15, 0.2) is 0 Å². The minimum absolute atomic E-state index is 0.176. The average Bonchev–Trinajstić information content (AvgIpc) is 4.11. The first-order valence-electron chi connectivity index (χ1n) is 25.9. The summed E-state index contributed by atoms with van der Waals surface area (Å²) in [6, 6.07) is 80.6. The van der Waals surface area contributed by atoms with E-state index in [1.807, 2.05) is 0 Å². The maximum atomic E-state index is 2.58. The molecule has 7 aliphatic carbocycles. The molecular weight excluding hydrogens is 845 g/mol. The van der Waals surface area contributed by atoms with Crippen LogP contribution >= 0.6 is 0 Å². The Kier molecular flexibility index (Phi) is 10.7. The van der Waals surface area contributed by atoms with Crippen LogP contribution in [0.3, 0.4) is 0 Å². The van der Waals surface area contributed by atoms with Crippen molar-refractivity contribution in [1.82, 2.24) is 0 Å². The summed E-state index contributed by atoms with van der Waals surface area (Å²) in [7, 11) is 0. The van der Waals surface area contributed by atoms with Gasteiger partial charge in [0.05, 0.1) is 0 Å². The van der Waals surface area contributed by atoms with E-state index in [9.17, 15) is 0 Å². The number of rotatable bonds is 9. The van der Waals surface area contributed by atoms with Gasteiger partial charge in [-0.2, -0.15) is 0 Å². The molecule has 9 aromatic carbocycles. The summed E-state index contributed by atoms with van der Waals surface area (Å²) in [6.45, 7) is 4.82. The first-order chi connectivity index (χ1) is 34.4. The zero-order chi connectivity index (χ0) is 46.8. The third kappa shape index (κ3) is 7.57. The molecule has 0 amide bonds. The second kappa shape index (κ2) is 17.5. The number of fused-ring (bicyclic) bond motifs is 5. The maximum Gasteiger partial charge on any atom is 0.0496 e. The van der Waals surface area contributed by atoms with Crippen LogP contribution in [-0.2, 0) is 31.1 Å². The number of benzene rings is 9. The van der Waals surface area contributed by atoms with Crippen molar-refractivity contribution in [3.63, 3.8) is 0 Å². The average molecular weight is 905 g/mol. The molecule has 0 aromatic heterocycles. The van der Waals surface area contributed by atoms with E-state index >= 15 is 0 Å². The molecule has 0 saturated heterocycles. The van der Waals surface area contributed by atoms with Crippen molar-refractivity contribution in [3.05, 3.63) is 251 Å². The van der Waals surface area contributed by atoms with E-state index in [4.69, 9.17) is 0 Å². The van der Waals surface area contributed by atoms with Gasteiger partial charge in [0, 0.05) is 39.5 Å². The number of anilines is 6. The van der Waals surface area contributed by atoms with Crippen LogP contribution < -0.4 is 9.80 Å². The largest absolute Gasteiger partial charge is 0.310 e. The van der Waals surface area contributed by atoms with E-state index in [0.717, 1.165) is 49.1 Å². The second-order valence-corrected chi connectivity index (χ2v) is 21.2. The standard InChI is InChI=1S/C68H60N2/c1-68(2)63-21-13-12-20-60(63)67-62(51-16-8-4-9-17-51)44-59(45-64(67)68)70(58-36-32-50(33-37-58)49-14-6-3-7-15-49)66-43-47-23-28-53-27-22-46(24-29-54(66)30-25-47)42-65(53)69(56-18-10-5-11-19-56)57-38-34-52(35-39-57)61-41-48-26-31-55(61)40-48/h3-22,25,27,30,32-39,42-45,48,55,61H,23-24,26,28-29,31,40-41H2,1-2H3. The van der Waals surface area contributed by atoms with Gasteiger partial charge in [0.1, 0.15) is 0 Å². The molecular formula is C68H60N2. The van der Waals surface area contributed by atoms with E-state index in [2.05, 4.69) is 236 Å². The fourth-order valence-electron chi connectivity index (χ4n) is 13.1. The summed E-state index contributed by atoms with van der Waals surface area (Å²) in [5.41, 5.74) is 24.5. The lowest BCUT2D eigenvalue weighted by molar-refractivity contribution is 0.420. The molecule has 3 unspecified atom stereocenters. The van der Waals surface area contributed by atoms with Gasteiger partial charge >= 0.3 is 0 Å². The van der Waals surface area contributed by atoms with Crippen molar-refractivity contribution in [2.24, 2.45) is 11.8 Å². The Balaban J connectivity index is 0.923. The Morgan fingerprint density at radius 1 is 0.400 bits per heavy atom. The van der Waals surface area contributed by atoms with Crippen LogP contribution in [0.1, 0.15) is 84.4 Å². The predicted octanol–water partition coefficient (Wildman–Crippen LogP) is 18.1. The molecule has 342 valence electrons. The van der Waals surface area contributed by atoms with E-state index in [1.54, 1.807) is 0 Å². The highest BCUT2D eigenvalue weighted by atomic mass is 15.2. The van der Waals surface area contributed by atoms with Gasteiger partial charge in [-0.25, -0.2) is 0 Å². The van der Waals surface area contributed by atoms with Crippen molar-refractivity contribution >= 4 is 34.1 Å². The molecule has 0 radical (unpaired) electrons. The normalized spacial score (nSPS) is 18.2. The van der Waals surface area contributed by atoms with E-state index in [-0.39, 0.29) is 5.41 Å². The van der Waals surface area contributed by atoms with Gasteiger partial charge in [-0.1, -0.05) is 172 Å². The lowest BCUT2D eigenvalue weighted by Gasteiger charge is -2.32. The first-order valence-corrected chi connectivity index (χ1v) is 25.9. The van der Waals surface area contributed by atoms with Crippen LogP contribution in [0, 0.1) is 11.8 Å². The van der Waals surface area contributed by atoms with Crippen LogP contribution in [0.25, 0.3) is 33.4 Å². The molecule has 0 N–H and O–H groups in total. The Hall–Kier alpha value is -7.42. The third-order valence-electron chi connectivity index (χ3n) is 16.7. The molecule has 2 nitrogen and oxygen atoms in total. The first kappa shape index (κ1) is 42.7. The quantitative estimate of drug-likeness (QED) is 0.142. The zero-order valence-electron chi connectivity index (χ0n) is 40.5. The van der Waals surface area contributed by atoms with E-state index < -0.39 is 0 Å².